The maximum Gasteiger partial charge on any atom is 0.336 e. The van der Waals surface area contributed by atoms with Gasteiger partial charge in [0.25, 0.3) is 0 Å². The van der Waals surface area contributed by atoms with Crippen LogP contribution in [0.3, 0.4) is 0 Å². The number of aliphatic hydroxyl groups is 1. The summed E-state index contributed by atoms with van der Waals surface area (Å²) < 4.78 is 0. The molecule has 0 radical (unpaired) electrons. The standard InChI is InChI=1S/C11H20O3/c1-4-7-8-9(5-2)11(14,6-3)10(12)13/h5,9,14H,2,4,6-8H2,1,3H3,(H,12,13)/t9-,11-/m0/s1. The molecule has 0 unspecified atom stereocenters. The van der Waals surface area contributed by atoms with Crippen molar-refractivity contribution in [3.05, 3.63) is 12.7 Å². The average Bonchev–Trinajstić information content (AvgIpc) is 2.18. The molecule has 0 saturated carbocycles. The molecule has 0 aliphatic rings. The van der Waals surface area contributed by atoms with Gasteiger partial charge in [-0.05, 0) is 12.8 Å². The van der Waals surface area contributed by atoms with Crippen LogP contribution in [0.2, 0.25) is 0 Å². The highest BCUT2D eigenvalue weighted by molar-refractivity contribution is 5.77. The third-order valence-electron chi connectivity index (χ3n) is 2.68. The molecule has 82 valence electrons. The van der Waals surface area contributed by atoms with Gasteiger partial charge in [-0.3, -0.25) is 0 Å². The lowest BCUT2D eigenvalue weighted by Gasteiger charge is -2.29. The minimum absolute atomic E-state index is 0.211. The maximum absolute atomic E-state index is 10.9. The molecule has 0 aliphatic heterocycles. The van der Waals surface area contributed by atoms with Gasteiger partial charge < -0.3 is 10.2 Å². The van der Waals surface area contributed by atoms with Gasteiger partial charge in [0.15, 0.2) is 5.60 Å². The van der Waals surface area contributed by atoms with Crippen LogP contribution in [0.25, 0.3) is 0 Å². The first-order valence-electron chi connectivity index (χ1n) is 5.11. The largest absolute Gasteiger partial charge is 0.479 e. The van der Waals surface area contributed by atoms with Crippen molar-refractivity contribution >= 4 is 5.97 Å². The molecule has 14 heavy (non-hydrogen) atoms. The fourth-order valence-corrected chi connectivity index (χ4v) is 1.55. The van der Waals surface area contributed by atoms with Crippen molar-refractivity contribution in [1.82, 2.24) is 0 Å². The van der Waals surface area contributed by atoms with E-state index in [4.69, 9.17) is 5.11 Å². The van der Waals surface area contributed by atoms with Gasteiger partial charge in [-0.15, -0.1) is 6.58 Å². The van der Waals surface area contributed by atoms with Crippen LogP contribution in [0.5, 0.6) is 0 Å². The third kappa shape index (κ3) is 2.84. The number of carboxylic acids is 1. The highest BCUT2D eigenvalue weighted by Gasteiger charge is 2.40. The second-order valence-electron chi connectivity index (χ2n) is 3.57. The number of hydrogen-bond acceptors (Lipinski definition) is 2. The summed E-state index contributed by atoms with van der Waals surface area (Å²) >= 11 is 0. The highest BCUT2D eigenvalue weighted by atomic mass is 16.4. The first-order chi connectivity index (χ1) is 6.52. The normalized spacial score (nSPS) is 17.1. The van der Waals surface area contributed by atoms with Gasteiger partial charge in [0.2, 0.25) is 0 Å². The SMILES string of the molecule is C=C[C@@H](CCCC)[C@@](O)(CC)C(=O)O. The highest BCUT2D eigenvalue weighted by Crippen LogP contribution is 2.27. The molecule has 0 bridgehead atoms. The van der Waals surface area contributed by atoms with Crippen molar-refractivity contribution in [2.75, 3.05) is 0 Å². The Labute approximate surface area is 85.4 Å². The van der Waals surface area contributed by atoms with Crippen LogP contribution in [0.4, 0.5) is 0 Å². The van der Waals surface area contributed by atoms with Gasteiger partial charge in [-0.1, -0.05) is 32.8 Å². The molecule has 0 spiro atoms. The van der Waals surface area contributed by atoms with E-state index in [1.807, 2.05) is 6.92 Å². The van der Waals surface area contributed by atoms with Gasteiger partial charge in [0, 0.05) is 5.92 Å². The van der Waals surface area contributed by atoms with Crippen LogP contribution in [0, 0.1) is 5.92 Å². The summed E-state index contributed by atoms with van der Waals surface area (Å²) in [5, 5.41) is 18.8. The molecule has 0 fully saturated rings. The lowest BCUT2D eigenvalue weighted by Crippen LogP contribution is -2.44. The quantitative estimate of drug-likeness (QED) is 0.619. The van der Waals surface area contributed by atoms with E-state index in [1.54, 1.807) is 13.0 Å². The topological polar surface area (TPSA) is 57.5 Å². The second-order valence-corrected chi connectivity index (χ2v) is 3.57. The summed E-state index contributed by atoms with van der Waals surface area (Å²) in [6.07, 6.45) is 4.34. The molecule has 0 amide bonds. The van der Waals surface area contributed by atoms with E-state index < -0.39 is 11.6 Å². The average molecular weight is 200 g/mol. The minimum Gasteiger partial charge on any atom is -0.479 e. The van der Waals surface area contributed by atoms with Gasteiger partial charge in [0.05, 0.1) is 0 Å². The predicted octanol–water partition coefficient (Wildman–Crippen LogP) is 2.20. The number of carboxylic acid groups (broad SMARTS) is 1. The van der Waals surface area contributed by atoms with Gasteiger partial charge in [-0.2, -0.15) is 0 Å². The maximum atomic E-state index is 10.9. The Morgan fingerprint density at radius 3 is 2.43 bits per heavy atom. The lowest BCUT2D eigenvalue weighted by molar-refractivity contribution is -0.163. The van der Waals surface area contributed by atoms with Crippen molar-refractivity contribution in [3.8, 4) is 0 Å². The first-order valence-corrected chi connectivity index (χ1v) is 5.11. The smallest absolute Gasteiger partial charge is 0.336 e. The summed E-state index contributed by atoms with van der Waals surface area (Å²) in [6, 6.07) is 0. The summed E-state index contributed by atoms with van der Waals surface area (Å²) in [4.78, 5) is 10.9. The van der Waals surface area contributed by atoms with E-state index in [-0.39, 0.29) is 12.3 Å². The number of unbranched alkanes of at least 4 members (excludes halogenated alkanes) is 1. The zero-order valence-corrected chi connectivity index (χ0v) is 8.99. The first kappa shape index (κ1) is 13.2. The monoisotopic (exact) mass is 200 g/mol. The molecule has 0 aromatic rings. The molecular formula is C11H20O3. The van der Waals surface area contributed by atoms with E-state index in [0.29, 0.717) is 6.42 Å². The Kier molecular flexibility index (Phi) is 5.46. The molecule has 2 N–H and O–H groups in total. The van der Waals surface area contributed by atoms with Crippen molar-refractivity contribution in [2.24, 2.45) is 5.92 Å². The molecular weight excluding hydrogens is 180 g/mol. The molecule has 0 aliphatic carbocycles. The molecule has 3 nitrogen and oxygen atoms in total. The van der Waals surface area contributed by atoms with Crippen LogP contribution < -0.4 is 0 Å². The van der Waals surface area contributed by atoms with Crippen molar-refractivity contribution in [3.63, 3.8) is 0 Å². The minimum atomic E-state index is -1.64. The number of aliphatic carboxylic acids is 1. The molecule has 0 aromatic carbocycles. The lowest BCUT2D eigenvalue weighted by atomic mass is 9.82. The molecule has 0 saturated heterocycles. The number of hydrogen-bond donors (Lipinski definition) is 2. The predicted molar refractivity (Wildman–Crippen MR) is 56.1 cm³/mol. The van der Waals surface area contributed by atoms with Crippen LogP contribution in [0.1, 0.15) is 39.5 Å². The Morgan fingerprint density at radius 2 is 2.14 bits per heavy atom. The molecule has 2 atom stereocenters. The summed E-state index contributed by atoms with van der Waals surface area (Å²) in [5.74, 6) is -1.51. The zero-order chi connectivity index (χ0) is 11.2. The van der Waals surface area contributed by atoms with Crippen LogP contribution in [-0.2, 0) is 4.79 Å². The Balaban J connectivity index is 4.59. The van der Waals surface area contributed by atoms with Crippen LogP contribution in [-0.4, -0.2) is 21.8 Å². The van der Waals surface area contributed by atoms with E-state index in [1.165, 1.54) is 0 Å². The summed E-state index contributed by atoms with van der Waals surface area (Å²) in [6.45, 7) is 7.30. The summed E-state index contributed by atoms with van der Waals surface area (Å²) in [7, 11) is 0. The molecule has 0 aromatic heterocycles. The van der Waals surface area contributed by atoms with Gasteiger partial charge >= 0.3 is 5.97 Å². The fraction of sp³-hybridized carbons (Fsp3) is 0.727. The Morgan fingerprint density at radius 1 is 1.57 bits per heavy atom. The van der Waals surface area contributed by atoms with Crippen molar-refractivity contribution in [2.45, 2.75) is 45.1 Å². The van der Waals surface area contributed by atoms with E-state index >= 15 is 0 Å². The molecule has 3 heteroatoms. The van der Waals surface area contributed by atoms with E-state index in [9.17, 15) is 9.90 Å². The van der Waals surface area contributed by atoms with Crippen LogP contribution in [0.15, 0.2) is 12.7 Å². The van der Waals surface area contributed by atoms with Crippen molar-refractivity contribution < 1.29 is 15.0 Å². The van der Waals surface area contributed by atoms with E-state index in [2.05, 4.69) is 6.58 Å². The third-order valence-corrected chi connectivity index (χ3v) is 2.68. The molecule has 0 heterocycles. The fourth-order valence-electron chi connectivity index (χ4n) is 1.55. The zero-order valence-electron chi connectivity index (χ0n) is 8.99. The van der Waals surface area contributed by atoms with Gasteiger partial charge in [-0.25, -0.2) is 4.79 Å². The number of rotatable bonds is 7. The van der Waals surface area contributed by atoms with Crippen molar-refractivity contribution in [1.29, 1.82) is 0 Å². The number of carbonyl (C=O) groups is 1. The van der Waals surface area contributed by atoms with Crippen LogP contribution >= 0.6 is 0 Å². The second kappa shape index (κ2) is 5.81. The Hall–Kier alpha value is -0.830. The summed E-state index contributed by atoms with van der Waals surface area (Å²) in [5.41, 5.74) is -1.64. The molecule has 0 rings (SSSR count). The van der Waals surface area contributed by atoms with Gasteiger partial charge in [0.1, 0.15) is 0 Å². The Bertz CT molecular complexity index is 201. The van der Waals surface area contributed by atoms with E-state index in [0.717, 1.165) is 12.8 Å².